The summed E-state index contributed by atoms with van der Waals surface area (Å²) in [6.07, 6.45) is 0. The Morgan fingerprint density at radius 1 is 1.10 bits per heavy atom. The van der Waals surface area contributed by atoms with E-state index < -0.39 is 0 Å². The lowest BCUT2D eigenvalue weighted by molar-refractivity contribution is 0.0953. The largest absolute Gasteiger partial charge is 0.351 e. The Labute approximate surface area is 174 Å². The molecule has 0 spiro atoms. The topological polar surface area (TPSA) is 59.8 Å². The van der Waals surface area contributed by atoms with Gasteiger partial charge in [-0.3, -0.25) is 4.79 Å². The summed E-state index contributed by atoms with van der Waals surface area (Å²) in [6.45, 7) is 6.26. The van der Waals surface area contributed by atoms with E-state index in [-0.39, 0.29) is 17.6 Å². The van der Waals surface area contributed by atoms with Gasteiger partial charge in [0, 0.05) is 12.2 Å². The van der Waals surface area contributed by atoms with Crippen molar-refractivity contribution < 1.29 is 9.18 Å². The number of aryl methyl sites for hydroxylation is 2. The second-order valence-corrected chi connectivity index (χ2v) is 7.51. The van der Waals surface area contributed by atoms with Crippen LogP contribution in [0.4, 0.5) is 4.39 Å². The van der Waals surface area contributed by atoms with E-state index in [1.807, 2.05) is 32.0 Å². The number of aromatic nitrogens is 3. The summed E-state index contributed by atoms with van der Waals surface area (Å²) < 4.78 is 15.3. The minimum Gasteiger partial charge on any atom is -0.351 e. The molecule has 1 amide bonds. The first-order chi connectivity index (χ1) is 14.4. The number of carbonyl (C=O) groups excluding carboxylic acids is 1. The molecular weight excluding hydrogens is 379 g/mol. The third kappa shape index (κ3) is 3.81. The summed E-state index contributed by atoms with van der Waals surface area (Å²) in [4.78, 5) is 17.6. The quantitative estimate of drug-likeness (QED) is 0.526. The average Bonchev–Trinajstić information content (AvgIpc) is 3.08. The van der Waals surface area contributed by atoms with E-state index in [1.165, 1.54) is 17.7 Å². The van der Waals surface area contributed by atoms with Gasteiger partial charge in [-0.2, -0.15) is 5.10 Å². The molecule has 0 aliphatic carbocycles. The molecule has 0 radical (unpaired) electrons. The lowest BCUT2D eigenvalue weighted by Gasteiger charge is -2.14. The van der Waals surface area contributed by atoms with Crippen LogP contribution in [0.5, 0.6) is 0 Å². The summed E-state index contributed by atoms with van der Waals surface area (Å²) in [5, 5.41) is 8.25. The molecule has 1 atom stereocenters. The minimum absolute atomic E-state index is 0.171. The van der Waals surface area contributed by atoms with Gasteiger partial charge in [-0.1, -0.05) is 43.3 Å². The molecule has 0 saturated carbocycles. The summed E-state index contributed by atoms with van der Waals surface area (Å²) in [6, 6.07) is 18.0. The number of nitrogens with zero attached hydrogens (tertiary/aromatic N) is 3. The van der Waals surface area contributed by atoms with Gasteiger partial charge >= 0.3 is 0 Å². The van der Waals surface area contributed by atoms with Crippen molar-refractivity contribution in [1.29, 1.82) is 0 Å². The molecule has 30 heavy (non-hydrogen) atoms. The van der Waals surface area contributed by atoms with Crippen LogP contribution in [0.25, 0.3) is 16.7 Å². The van der Waals surface area contributed by atoms with Crippen molar-refractivity contribution in [3.05, 3.63) is 89.0 Å². The zero-order valence-corrected chi connectivity index (χ0v) is 17.2. The van der Waals surface area contributed by atoms with E-state index in [1.54, 1.807) is 22.9 Å². The van der Waals surface area contributed by atoms with Crippen LogP contribution in [0, 0.1) is 19.7 Å². The van der Waals surface area contributed by atoms with Gasteiger partial charge in [0.05, 0.1) is 22.3 Å². The molecule has 6 heteroatoms. The van der Waals surface area contributed by atoms with Crippen molar-refractivity contribution in [3.63, 3.8) is 0 Å². The van der Waals surface area contributed by atoms with Crippen LogP contribution < -0.4 is 5.32 Å². The molecule has 152 valence electrons. The van der Waals surface area contributed by atoms with Gasteiger partial charge in [0.15, 0.2) is 5.65 Å². The molecule has 0 bridgehead atoms. The van der Waals surface area contributed by atoms with E-state index in [2.05, 4.69) is 34.5 Å². The fraction of sp³-hybridized carbons (Fsp3) is 0.208. The number of hydrogen-bond donors (Lipinski definition) is 1. The van der Waals surface area contributed by atoms with Gasteiger partial charge < -0.3 is 5.32 Å². The average molecular weight is 402 g/mol. The molecule has 4 aromatic rings. The SMILES string of the molecule is Cc1cc(C(=O)NC[C@@H](C)c2ccccc2)c2c(C)nn(-c3cccc(F)c3)c2n1. The number of pyridine rings is 1. The Kier molecular flexibility index (Phi) is 5.31. The number of amides is 1. The summed E-state index contributed by atoms with van der Waals surface area (Å²) in [5.74, 6) is -0.339. The number of benzene rings is 2. The zero-order valence-electron chi connectivity index (χ0n) is 17.2. The maximum absolute atomic E-state index is 13.7. The fourth-order valence-electron chi connectivity index (χ4n) is 3.62. The molecule has 1 N–H and O–H groups in total. The molecule has 0 aliphatic heterocycles. The Morgan fingerprint density at radius 3 is 2.60 bits per heavy atom. The number of nitrogens with one attached hydrogen (secondary N) is 1. The Bertz CT molecular complexity index is 1220. The molecule has 0 fully saturated rings. The number of hydrogen-bond acceptors (Lipinski definition) is 3. The maximum atomic E-state index is 13.7. The molecule has 2 heterocycles. The van der Waals surface area contributed by atoms with Crippen molar-refractivity contribution in [2.45, 2.75) is 26.7 Å². The van der Waals surface area contributed by atoms with Crippen LogP contribution in [-0.2, 0) is 0 Å². The van der Waals surface area contributed by atoms with Crippen molar-refractivity contribution in [1.82, 2.24) is 20.1 Å². The summed E-state index contributed by atoms with van der Waals surface area (Å²) >= 11 is 0. The van der Waals surface area contributed by atoms with Gasteiger partial charge in [0.1, 0.15) is 5.82 Å². The number of halogens is 1. The zero-order chi connectivity index (χ0) is 21.3. The van der Waals surface area contributed by atoms with E-state index >= 15 is 0 Å². The Hall–Kier alpha value is -3.54. The van der Waals surface area contributed by atoms with E-state index in [0.717, 1.165) is 0 Å². The Morgan fingerprint density at radius 2 is 1.87 bits per heavy atom. The summed E-state index contributed by atoms with van der Waals surface area (Å²) in [5.41, 5.74) is 4.17. The molecule has 2 aromatic heterocycles. The van der Waals surface area contributed by atoms with Crippen molar-refractivity contribution in [2.24, 2.45) is 0 Å². The highest BCUT2D eigenvalue weighted by molar-refractivity contribution is 6.06. The number of rotatable bonds is 5. The third-order valence-corrected chi connectivity index (χ3v) is 5.18. The first-order valence-electron chi connectivity index (χ1n) is 9.90. The highest BCUT2D eigenvalue weighted by Gasteiger charge is 2.20. The standard InChI is InChI=1S/C24H23FN4O/c1-15(18-8-5-4-6-9-18)14-26-24(30)21-12-16(2)27-23-22(21)17(3)28-29(23)20-11-7-10-19(25)13-20/h4-13,15H,14H2,1-3H3,(H,26,30)/t15-/m1/s1. The maximum Gasteiger partial charge on any atom is 0.252 e. The molecule has 4 rings (SSSR count). The second-order valence-electron chi connectivity index (χ2n) is 7.51. The van der Waals surface area contributed by atoms with Crippen LogP contribution in [0.15, 0.2) is 60.7 Å². The number of fused-ring (bicyclic) bond motifs is 1. The van der Waals surface area contributed by atoms with Crippen LogP contribution in [0.3, 0.4) is 0 Å². The summed E-state index contributed by atoms with van der Waals surface area (Å²) in [7, 11) is 0. The van der Waals surface area contributed by atoms with E-state index in [0.29, 0.717) is 40.2 Å². The normalized spacial score (nSPS) is 12.1. The van der Waals surface area contributed by atoms with Crippen molar-refractivity contribution >= 4 is 16.9 Å². The lowest BCUT2D eigenvalue weighted by Crippen LogP contribution is -2.28. The van der Waals surface area contributed by atoms with Crippen LogP contribution in [-0.4, -0.2) is 27.2 Å². The van der Waals surface area contributed by atoms with Crippen LogP contribution >= 0.6 is 0 Å². The fourth-order valence-corrected chi connectivity index (χ4v) is 3.62. The minimum atomic E-state index is -0.352. The van der Waals surface area contributed by atoms with Crippen molar-refractivity contribution in [3.8, 4) is 5.69 Å². The predicted octanol–water partition coefficient (Wildman–Crippen LogP) is 4.71. The molecule has 0 saturated heterocycles. The monoisotopic (exact) mass is 402 g/mol. The number of carbonyl (C=O) groups is 1. The van der Waals surface area contributed by atoms with E-state index in [9.17, 15) is 9.18 Å². The molecule has 2 aromatic carbocycles. The third-order valence-electron chi connectivity index (χ3n) is 5.18. The molecule has 5 nitrogen and oxygen atoms in total. The first-order valence-corrected chi connectivity index (χ1v) is 9.90. The predicted molar refractivity (Wildman–Crippen MR) is 115 cm³/mol. The highest BCUT2D eigenvalue weighted by Crippen LogP contribution is 2.25. The van der Waals surface area contributed by atoms with Gasteiger partial charge in [-0.25, -0.2) is 14.1 Å². The van der Waals surface area contributed by atoms with Crippen molar-refractivity contribution in [2.75, 3.05) is 6.54 Å². The van der Waals surface area contributed by atoms with Gasteiger partial charge in [-0.15, -0.1) is 0 Å². The Balaban J connectivity index is 1.68. The van der Waals surface area contributed by atoms with Gasteiger partial charge in [0.25, 0.3) is 5.91 Å². The van der Waals surface area contributed by atoms with Gasteiger partial charge in [0.2, 0.25) is 0 Å². The lowest BCUT2D eigenvalue weighted by atomic mass is 10.0. The molecular formula is C24H23FN4O. The second kappa shape index (κ2) is 8.06. The molecule has 0 unspecified atom stereocenters. The highest BCUT2D eigenvalue weighted by atomic mass is 19.1. The molecule has 0 aliphatic rings. The van der Waals surface area contributed by atoms with Crippen LogP contribution in [0.1, 0.15) is 40.2 Å². The van der Waals surface area contributed by atoms with Crippen LogP contribution in [0.2, 0.25) is 0 Å². The van der Waals surface area contributed by atoms with E-state index in [4.69, 9.17) is 0 Å². The first kappa shape index (κ1) is 19.8. The smallest absolute Gasteiger partial charge is 0.252 e. The van der Waals surface area contributed by atoms with Gasteiger partial charge in [-0.05, 0) is 49.6 Å².